The maximum Gasteiger partial charge on any atom is 0.309 e. The van der Waals surface area contributed by atoms with Gasteiger partial charge in [-0.05, 0) is 56.6 Å². The molecule has 0 saturated carbocycles. The number of ether oxygens (including phenoxy) is 2. The van der Waals surface area contributed by atoms with E-state index in [2.05, 4.69) is 4.90 Å². The number of esters is 1. The molecule has 0 spiro atoms. The number of carbonyl (C=O) groups excluding carboxylic acids is 2. The summed E-state index contributed by atoms with van der Waals surface area (Å²) >= 11 is 6.52. The first-order chi connectivity index (χ1) is 16.5. The number of carbonyl (C=O) groups is 2. The second-order valence-electron chi connectivity index (χ2n) is 8.56. The zero-order valence-corrected chi connectivity index (χ0v) is 20.3. The highest BCUT2D eigenvalue weighted by atomic mass is 35.5. The Kier molecular flexibility index (Phi) is 7.85. The van der Waals surface area contributed by atoms with Crippen molar-refractivity contribution in [2.45, 2.75) is 32.2 Å². The standard InChI is InChI=1S/C26H30ClN3O4/c1-3-34-26(32)18-11-13-29(14-12-18)17-25(31)30-24(21-9-4-5-10-22(21)27)16-23(28-30)19-7-6-8-20(15-19)33-2/h4-10,15,18,24H,3,11-14,16-17H2,1-2H3/t24-/m0/s1. The fourth-order valence-electron chi connectivity index (χ4n) is 4.56. The van der Waals surface area contributed by atoms with Crippen LogP contribution in [0.4, 0.5) is 0 Å². The van der Waals surface area contributed by atoms with E-state index in [1.54, 1.807) is 12.1 Å². The molecule has 8 heteroatoms. The van der Waals surface area contributed by atoms with Gasteiger partial charge in [0.15, 0.2) is 0 Å². The Morgan fingerprint density at radius 1 is 1.12 bits per heavy atom. The first-order valence-corrected chi connectivity index (χ1v) is 12.0. The molecule has 180 valence electrons. The topological polar surface area (TPSA) is 71.4 Å². The summed E-state index contributed by atoms with van der Waals surface area (Å²) in [5, 5.41) is 6.94. The van der Waals surface area contributed by atoms with Crippen molar-refractivity contribution in [1.82, 2.24) is 9.91 Å². The number of amides is 1. The molecule has 2 aromatic rings. The quantitative estimate of drug-likeness (QED) is 0.549. The van der Waals surface area contributed by atoms with Crippen LogP contribution in [0.25, 0.3) is 0 Å². The minimum Gasteiger partial charge on any atom is -0.497 e. The summed E-state index contributed by atoms with van der Waals surface area (Å²) in [6, 6.07) is 15.0. The van der Waals surface area contributed by atoms with Gasteiger partial charge in [-0.3, -0.25) is 14.5 Å². The fraction of sp³-hybridized carbons (Fsp3) is 0.423. The SMILES string of the molecule is CCOC(=O)C1CCN(CC(=O)N2N=C(c3cccc(OC)c3)C[C@H]2c2ccccc2Cl)CC1. The van der Waals surface area contributed by atoms with Gasteiger partial charge in [0.05, 0.1) is 37.9 Å². The lowest BCUT2D eigenvalue weighted by Crippen LogP contribution is -2.43. The average Bonchev–Trinajstić information content (AvgIpc) is 3.30. The molecule has 0 aromatic heterocycles. The summed E-state index contributed by atoms with van der Waals surface area (Å²) in [5.41, 5.74) is 2.61. The van der Waals surface area contributed by atoms with Gasteiger partial charge >= 0.3 is 5.97 Å². The highest BCUT2D eigenvalue weighted by Gasteiger charge is 2.35. The van der Waals surface area contributed by atoms with E-state index in [1.165, 1.54) is 0 Å². The van der Waals surface area contributed by atoms with E-state index in [1.807, 2.05) is 55.5 Å². The Hall–Kier alpha value is -2.90. The number of rotatable bonds is 7. The number of methoxy groups -OCH3 is 1. The second-order valence-corrected chi connectivity index (χ2v) is 8.97. The molecule has 34 heavy (non-hydrogen) atoms. The molecule has 2 aliphatic heterocycles. The Bertz CT molecular complexity index is 1070. The summed E-state index contributed by atoms with van der Waals surface area (Å²) in [7, 11) is 1.63. The van der Waals surface area contributed by atoms with Crippen LogP contribution in [0.1, 0.15) is 43.4 Å². The summed E-state index contributed by atoms with van der Waals surface area (Å²) in [6.07, 6.45) is 1.95. The minimum absolute atomic E-state index is 0.0857. The molecule has 1 fully saturated rings. The van der Waals surface area contributed by atoms with Crippen LogP contribution in [0, 0.1) is 5.92 Å². The molecule has 1 atom stereocenters. The Morgan fingerprint density at radius 3 is 2.59 bits per heavy atom. The van der Waals surface area contributed by atoms with Crippen molar-refractivity contribution in [3.8, 4) is 5.75 Å². The van der Waals surface area contributed by atoms with E-state index < -0.39 is 0 Å². The molecule has 2 aliphatic rings. The summed E-state index contributed by atoms with van der Waals surface area (Å²) in [6.45, 7) is 3.80. The van der Waals surface area contributed by atoms with Gasteiger partial charge in [0.2, 0.25) is 0 Å². The normalized spacial score (nSPS) is 19.1. The van der Waals surface area contributed by atoms with Crippen molar-refractivity contribution in [3.05, 3.63) is 64.7 Å². The lowest BCUT2D eigenvalue weighted by atomic mass is 9.97. The van der Waals surface area contributed by atoms with Crippen molar-refractivity contribution in [2.75, 3.05) is 33.4 Å². The minimum atomic E-state index is -0.278. The largest absolute Gasteiger partial charge is 0.497 e. The molecule has 0 unspecified atom stereocenters. The van der Waals surface area contributed by atoms with Crippen LogP contribution >= 0.6 is 11.6 Å². The number of benzene rings is 2. The predicted octanol–water partition coefficient (Wildman–Crippen LogP) is 4.30. The highest BCUT2D eigenvalue weighted by Crippen LogP contribution is 2.37. The molecule has 0 N–H and O–H groups in total. The first kappa shape index (κ1) is 24.2. The van der Waals surface area contributed by atoms with Gasteiger partial charge in [0.25, 0.3) is 5.91 Å². The summed E-state index contributed by atoms with van der Waals surface area (Å²) in [4.78, 5) is 27.6. The molecule has 7 nitrogen and oxygen atoms in total. The number of halogens is 1. The van der Waals surface area contributed by atoms with Gasteiger partial charge < -0.3 is 9.47 Å². The van der Waals surface area contributed by atoms with Crippen LogP contribution in [-0.4, -0.2) is 60.8 Å². The number of nitrogens with zero attached hydrogens (tertiary/aromatic N) is 3. The van der Waals surface area contributed by atoms with Gasteiger partial charge in [0, 0.05) is 17.0 Å². The van der Waals surface area contributed by atoms with Gasteiger partial charge in [-0.2, -0.15) is 5.10 Å². The Labute approximate surface area is 205 Å². The summed E-state index contributed by atoms with van der Waals surface area (Å²) in [5.74, 6) is 0.423. The van der Waals surface area contributed by atoms with E-state index >= 15 is 0 Å². The van der Waals surface area contributed by atoms with E-state index in [-0.39, 0.29) is 30.4 Å². The van der Waals surface area contributed by atoms with Gasteiger partial charge in [-0.25, -0.2) is 5.01 Å². The zero-order valence-electron chi connectivity index (χ0n) is 19.6. The van der Waals surface area contributed by atoms with Crippen molar-refractivity contribution in [3.63, 3.8) is 0 Å². The fourth-order valence-corrected chi connectivity index (χ4v) is 4.82. The maximum atomic E-state index is 13.4. The van der Waals surface area contributed by atoms with Crippen LogP contribution in [-0.2, 0) is 14.3 Å². The monoisotopic (exact) mass is 483 g/mol. The third-order valence-corrected chi connectivity index (χ3v) is 6.74. The lowest BCUT2D eigenvalue weighted by molar-refractivity contribution is -0.149. The average molecular weight is 484 g/mol. The predicted molar refractivity (Wildman–Crippen MR) is 131 cm³/mol. The molecule has 1 amide bonds. The third kappa shape index (κ3) is 5.42. The van der Waals surface area contributed by atoms with Gasteiger partial charge in [0.1, 0.15) is 5.75 Å². The maximum absolute atomic E-state index is 13.4. The molecular formula is C26H30ClN3O4. The van der Waals surface area contributed by atoms with E-state index in [9.17, 15) is 9.59 Å². The third-order valence-electron chi connectivity index (χ3n) is 6.40. The molecule has 0 aliphatic carbocycles. The molecule has 1 saturated heterocycles. The molecule has 0 bridgehead atoms. The Morgan fingerprint density at radius 2 is 1.88 bits per heavy atom. The number of hydrogen-bond donors (Lipinski definition) is 0. The van der Waals surface area contributed by atoms with Gasteiger partial charge in [-0.1, -0.05) is 41.9 Å². The van der Waals surface area contributed by atoms with E-state index in [4.69, 9.17) is 26.2 Å². The number of hydrazone groups is 1. The second kappa shape index (κ2) is 11.0. The molecule has 0 radical (unpaired) electrons. The first-order valence-electron chi connectivity index (χ1n) is 11.7. The van der Waals surface area contributed by atoms with Crippen LogP contribution in [0.3, 0.4) is 0 Å². The molecule has 2 aromatic carbocycles. The van der Waals surface area contributed by atoms with Crippen LogP contribution in [0.5, 0.6) is 5.75 Å². The van der Waals surface area contributed by atoms with Crippen molar-refractivity contribution >= 4 is 29.2 Å². The lowest BCUT2D eigenvalue weighted by Gasteiger charge is -2.32. The van der Waals surface area contributed by atoms with Crippen molar-refractivity contribution in [2.24, 2.45) is 11.0 Å². The van der Waals surface area contributed by atoms with Gasteiger partial charge in [-0.15, -0.1) is 0 Å². The zero-order chi connectivity index (χ0) is 24.1. The molecule has 4 rings (SSSR count). The molecular weight excluding hydrogens is 454 g/mol. The highest BCUT2D eigenvalue weighted by molar-refractivity contribution is 6.31. The van der Waals surface area contributed by atoms with Crippen LogP contribution in [0.15, 0.2) is 53.6 Å². The van der Waals surface area contributed by atoms with E-state index in [0.717, 1.165) is 22.6 Å². The van der Waals surface area contributed by atoms with Crippen LogP contribution < -0.4 is 4.74 Å². The number of hydrogen-bond acceptors (Lipinski definition) is 6. The van der Waals surface area contributed by atoms with E-state index in [0.29, 0.717) is 44.0 Å². The Balaban J connectivity index is 1.51. The smallest absolute Gasteiger partial charge is 0.309 e. The molecule has 2 heterocycles. The number of likely N-dealkylation sites (tertiary alicyclic amines) is 1. The van der Waals surface area contributed by atoms with Crippen LogP contribution in [0.2, 0.25) is 5.02 Å². The van der Waals surface area contributed by atoms with Crippen molar-refractivity contribution < 1.29 is 19.1 Å². The van der Waals surface area contributed by atoms with Crippen molar-refractivity contribution in [1.29, 1.82) is 0 Å². The number of piperidine rings is 1. The summed E-state index contributed by atoms with van der Waals surface area (Å²) < 4.78 is 10.5.